The van der Waals surface area contributed by atoms with Crippen LogP contribution in [0.3, 0.4) is 0 Å². The maximum atomic E-state index is 12.4. The van der Waals surface area contributed by atoms with E-state index in [2.05, 4.69) is 5.32 Å². The molecule has 1 aliphatic heterocycles. The Bertz CT molecular complexity index is 708. The molecule has 1 heterocycles. The highest BCUT2D eigenvalue weighted by Gasteiger charge is 2.34. The summed E-state index contributed by atoms with van der Waals surface area (Å²) in [5.41, 5.74) is 0.377. The van der Waals surface area contributed by atoms with Crippen LogP contribution in [0.15, 0.2) is 18.2 Å². The number of carbonyl (C=O) groups excluding carboxylic acids is 1. The maximum absolute atomic E-state index is 12.4. The molecule has 2 rings (SSSR count). The highest BCUT2D eigenvalue weighted by atomic mass is 35.5. The van der Waals surface area contributed by atoms with Gasteiger partial charge in [0.25, 0.3) is 5.91 Å². The Labute approximate surface area is 146 Å². The second-order valence-electron chi connectivity index (χ2n) is 5.79. The number of halogens is 1. The summed E-state index contributed by atoms with van der Waals surface area (Å²) < 4.78 is 35.6. The van der Waals surface area contributed by atoms with Crippen LogP contribution in [0.5, 0.6) is 5.75 Å². The average Bonchev–Trinajstić information content (AvgIpc) is 2.93. The summed E-state index contributed by atoms with van der Waals surface area (Å²) in [6.07, 6.45) is 0. The van der Waals surface area contributed by atoms with E-state index < -0.39 is 10.0 Å². The number of nitrogens with zero attached hydrogens (tertiary/aromatic N) is 1. The number of benzene rings is 1. The van der Waals surface area contributed by atoms with Crippen molar-refractivity contribution < 1.29 is 22.7 Å². The third kappa shape index (κ3) is 4.38. The number of rotatable bonds is 6. The molecule has 9 heteroatoms. The zero-order valence-corrected chi connectivity index (χ0v) is 15.4. The fourth-order valence-corrected chi connectivity index (χ4v) is 3.83. The zero-order chi connectivity index (χ0) is 17.9. The smallest absolute Gasteiger partial charge is 0.251 e. The lowest BCUT2D eigenvalue weighted by atomic mass is 10.1. The summed E-state index contributed by atoms with van der Waals surface area (Å²) in [5.74, 6) is -0.223. The minimum Gasteiger partial charge on any atom is -0.495 e. The van der Waals surface area contributed by atoms with Gasteiger partial charge in [0.1, 0.15) is 5.75 Å². The van der Waals surface area contributed by atoms with Crippen LogP contribution in [0, 0.1) is 5.92 Å². The van der Waals surface area contributed by atoms with Crippen molar-refractivity contribution >= 4 is 27.5 Å². The van der Waals surface area contributed by atoms with Crippen LogP contribution >= 0.6 is 11.6 Å². The van der Waals surface area contributed by atoms with Crippen LogP contribution in [0.4, 0.5) is 0 Å². The predicted molar refractivity (Wildman–Crippen MR) is 91.0 cm³/mol. The fourth-order valence-electron chi connectivity index (χ4n) is 2.40. The number of ether oxygens (including phenoxy) is 2. The van der Waals surface area contributed by atoms with Crippen molar-refractivity contribution in [1.82, 2.24) is 9.62 Å². The molecule has 0 saturated carbocycles. The molecule has 24 heavy (non-hydrogen) atoms. The van der Waals surface area contributed by atoms with Crippen LogP contribution in [0.1, 0.15) is 10.4 Å². The van der Waals surface area contributed by atoms with Crippen LogP contribution in [-0.4, -0.2) is 64.8 Å². The van der Waals surface area contributed by atoms with E-state index in [1.807, 2.05) is 0 Å². The van der Waals surface area contributed by atoms with E-state index in [0.29, 0.717) is 22.9 Å². The SMILES string of the molecule is COc1ccc(C(=O)NC2COCC2CS(=O)(=O)N(C)C)cc1Cl. The highest BCUT2D eigenvalue weighted by molar-refractivity contribution is 7.89. The quantitative estimate of drug-likeness (QED) is 0.800. The molecule has 134 valence electrons. The van der Waals surface area contributed by atoms with Gasteiger partial charge in [0.15, 0.2) is 0 Å². The van der Waals surface area contributed by atoms with E-state index >= 15 is 0 Å². The Hall–Kier alpha value is -1.35. The van der Waals surface area contributed by atoms with Gasteiger partial charge in [-0.2, -0.15) is 0 Å². The standard InChI is InChI=1S/C15H21ClN2O5S/c1-18(2)24(20,21)9-11-7-23-8-13(11)17-15(19)10-4-5-14(22-3)12(16)6-10/h4-6,11,13H,7-9H2,1-3H3,(H,17,19). The van der Waals surface area contributed by atoms with E-state index in [0.717, 1.165) is 0 Å². The van der Waals surface area contributed by atoms with Gasteiger partial charge in [-0.1, -0.05) is 11.6 Å². The van der Waals surface area contributed by atoms with E-state index in [4.69, 9.17) is 21.1 Å². The lowest BCUT2D eigenvalue weighted by Crippen LogP contribution is -2.43. The summed E-state index contributed by atoms with van der Waals surface area (Å²) in [5, 5.41) is 3.16. The van der Waals surface area contributed by atoms with Crippen molar-refractivity contribution in [2.24, 2.45) is 5.92 Å². The van der Waals surface area contributed by atoms with Crippen molar-refractivity contribution in [2.75, 3.05) is 40.2 Å². The Kier molecular flexibility index (Phi) is 6.08. The zero-order valence-electron chi connectivity index (χ0n) is 13.8. The molecule has 0 bridgehead atoms. The lowest BCUT2D eigenvalue weighted by Gasteiger charge is -2.21. The molecule has 0 aromatic heterocycles. The van der Waals surface area contributed by atoms with Gasteiger partial charge in [-0.25, -0.2) is 12.7 Å². The molecule has 0 aliphatic carbocycles. The molecule has 0 spiro atoms. The van der Waals surface area contributed by atoms with E-state index in [-0.39, 0.29) is 30.2 Å². The number of methoxy groups -OCH3 is 1. The molecular weight excluding hydrogens is 356 g/mol. The van der Waals surface area contributed by atoms with E-state index in [1.165, 1.54) is 31.6 Å². The summed E-state index contributed by atoms with van der Waals surface area (Å²) in [6.45, 7) is 0.574. The number of carbonyl (C=O) groups is 1. The molecule has 0 radical (unpaired) electrons. The molecule has 1 N–H and O–H groups in total. The molecule has 7 nitrogen and oxygen atoms in total. The van der Waals surface area contributed by atoms with Gasteiger partial charge in [-0.3, -0.25) is 4.79 Å². The first-order chi connectivity index (χ1) is 11.2. The number of nitrogens with one attached hydrogen (secondary N) is 1. The van der Waals surface area contributed by atoms with Crippen molar-refractivity contribution in [3.05, 3.63) is 28.8 Å². The number of hydrogen-bond acceptors (Lipinski definition) is 5. The van der Waals surface area contributed by atoms with Gasteiger partial charge in [-0.05, 0) is 18.2 Å². The third-order valence-corrected chi connectivity index (χ3v) is 6.17. The molecular formula is C15H21ClN2O5S. The number of amides is 1. The molecule has 2 unspecified atom stereocenters. The fraction of sp³-hybridized carbons (Fsp3) is 0.533. The molecule has 1 amide bonds. The minimum absolute atomic E-state index is 0.0751. The van der Waals surface area contributed by atoms with Crippen molar-refractivity contribution in [1.29, 1.82) is 0 Å². The summed E-state index contributed by atoms with van der Waals surface area (Å²) in [6, 6.07) is 4.35. The minimum atomic E-state index is -3.37. The third-order valence-electron chi connectivity index (χ3n) is 3.91. The molecule has 1 aromatic carbocycles. The number of hydrogen-bond donors (Lipinski definition) is 1. The molecule has 1 aliphatic rings. The van der Waals surface area contributed by atoms with Gasteiger partial charge in [0, 0.05) is 25.6 Å². The first-order valence-electron chi connectivity index (χ1n) is 7.37. The second-order valence-corrected chi connectivity index (χ2v) is 8.42. The monoisotopic (exact) mass is 376 g/mol. The van der Waals surface area contributed by atoms with Gasteiger partial charge < -0.3 is 14.8 Å². The van der Waals surface area contributed by atoms with E-state index in [9.17, 15) is 13.2 Å². The molecule has 1 fully saturated rings. The Balaban J connectivity index is 2.06. The topological polar surface area (TPSA) is 84.9 Å². The number of sulfonamides is 1. The van der Waals surface area contributed by atoms with Gasteiger partial charge in [-0.15, -0.1) is 0 Å². The molecule has 2 atom stereocenters. The Morgan fingerprint density at radius 2 is 2.12 bits per heavy atom. The maximum Gasteiger partial charge on any atom is 0.251 e. The summed E-state index contributed by atoms with van der Waals surface area (Å²) in [7, 11) is 1.09. The summed E-state index contributed by atoms with van der Waals surface area (Å²) >= 11 is 6.03. The summed E-state index contributed by atoms with van der Waals surface area (Å²) in [4.78, 5) is 12.4. The van der Waals surface area contributed by atoms with Crippen LogP contribution in [0.25, 0.3) is 0 Å². The van der Waals surface area contributed by atoms with E-state index in [1.54, 1.807) is 12.1 Å². The van der Waals surface area contributed by atoms with Crippen LogP contribution < -0.4 is 10.1 Å². The highest BCUT2D eigenvalue weighted by Crippen LogP contribution is 2.25. The first-order valence-corrected chi connectivity index (χ1v) is 9.35. The van der Waals surface area contributed by atoms with Crippen molar-refractivity contribution in [2.45, 2.75) is 6.04 Å². The van der Waals surface area contributed by atoms with Gasteiger partial charge in [0.05, 0.1) is 37.1 Å². The first kappa shape index (κ1) is 19.0. The van der Waals surface area contributed by atoms with Crippen LogP contribution in [-0.2, 0) is 14.8 Å². The predicted octanol–water partition coefficient (Wildman–Crippen LogP) is 0.985. The van der Waals surface area contributed by atoms with Crippen LogP contribution in [0.2, 0.25) is 5.02 Å². The Morgan fingerprint density at radius 1 is 1.42 bits per heavy atom. The van der Waals surface area contributed by atoms with Crippen molar-refractivity contribution in [3.8, 4) is 5.75 Å². The Morgan fingerprint density at radius 3 is 2.71 bits per heavy atom. The van der Waals surface area contributed by atoms with Gasteiger partial charge in [0.2, 0.25) is 10.0 Å². The molecule has 1 aromatic rings. The molecule has 1 saturated heterocycles. The largest absolute Gasteiger partial charge is 0.495 e. The average molecular weight is 377 g/mol. The second kappa shape index (κ2) is 7.69. The van der Waals surface area contributed by atoms with Crippen molar-refractivity contribution in [3.63, 3.8) is 0 Å². The van der Waals surface area contributed by atoms with Gasteiger partial charge >= 0.3 is 0 Å². The normalized spacial score (nSPS) is 21.0. The lowest BCUT2D eigenvalue weighted by molar-refractivity contribution is 0.0926.